The molecule has 1 saturated heterocycles. The highest BCUT2D eigenvalue weighted by Crippen LogP contribution is 2.17. The number of halogens is 1. The highest BCUT2D eigenvalue weighted by atomic mass is 32.2. The molecule has 0 radical (unpaired) electrons. The van der Waals surface area contributed by atoms with Crippen molar-refractivity contribution in [2.75, 3.05) is 13.2 Å². The van der Waals surface area contributed by atoms with Crippen LogP contribution in [0.1, 0.15) is 29.6 Å². The van der Waals surface area contributed by atoms with E-state index in [0.29, 0.717) is 12.7 Å². The number of nitrogens with one attached hydrogen (secondary N) is 1. The van der Waals surface area contributed by atoms with Crippen LogP contribution in [0.3, 0.4) is 0 Å². The van der Waals surface area contributed by atoms with Gasteiger partial charge in [0.15, 0.2) is 0 Å². The van der Waals surface area contributed by atoms with E-state index in [1.54, 1.807) is 0 Å². The van der Waals surface area contributed by atoms with E-state index < -0.39 is 26.7 Å². The summed E-state index contributed by atoms with van der Waals surface area (Å²) in [7, 11) is -4.03. The van der Waals surface area contributed by atoms with Crippen molar-refractivity contribution in [3.05, 3.63) is 29.6 Å². The lowest BCUT2D eigenvalue weighted by Crippen LogP contribution is -2.35. The molecular weight excluding hydrogens is 301 g/mol. The maximum atomic E-state index is 13.8. The normalized spacial score (nSPS) is 19.4. The average molecular weight is 317 g/mol. The third-order valence-electron chi connectivity index (χ3n) is 3.24. The SMILES string of the molecule is O=C(O)c1ccc(S(=O)(=O)NCC2CCCCO2)c(F)c1. The summed E-state index contributed by atoms with van der Waals surface area (Å²) in [6, 6.07) is 2.69. The van der Waals surface area contributed by atoms with E-state index in [4.69, 9.17) is 9.84 Å². The highest BCUT2D eigenvalue weighted by Gasteiger charge is 2.22. The molecule has 2 N–H and O–H groups in total. The quantitative estimate of drug-likeness (QED) is 0.855. The number of benzene rings is 1. The Morgan fingerprint density at radius 3 is 2.76 bits per heavy atom. The number of aromatic carboxylic acids is 1. The fourth-order valence-corrected chi connectivity index (χ4v) is 3.22. The molecule has 0 spiro atoms. The van der Waals surface area contributed by atoms with Crippen LogP contribution < -0.4 is 4.72 Å². The van der Waals surface area contributed by atoms with Crippen LogP contribution >= 0.6 is 0 Å². The van der Waals surface area contributed by atoms with E-state index in [2.05, 4.69) is 4.72 Å². The van der Waals surface area contributed by atoms with E-state index >= 15 is 0 Å². The summed E-state index contributed by atoms with van der Waals surface area (Å²) in [4.78, 5) is 10.1. The third kappa shape index (κ3) is 3.99. The van der Waals surface area contributed by atoms with E-state index in [9.17, 15) is 17.6 Å². The summed E-state index contributed by atoms with van der Waals surface area (Å²) in [5.74, 6) is -2.41. The Balaban J connectivity index is 2.10. The van der Waals surface area contributed by atoms with Gasteiger partial charge in [-0.2, -0.15) is 0 Å². The van der Waals surface area contributed by atoms with Crippen LogP contribution in [-0.2, 0) is 14.8 Å². The molecule has 0 aliphatic carbocycles. The summed E-state index contributed by atoms with van der Waals surface area (Å²) >= 11 is 0. The molecule has 1 aliphatic heterocycles. The summed E-state index contributed by atoms with van der Waals surface area (Å²) in [5, 5.41) is 8.73. The molecule has 0 aromatic heterocycles. The molecule has 1 aromatic rings. The molecule has 1 unspecified atom stereocenters. The molecular formula is C13H16FNO5S. The Labute approximate surface area is 122 Å². The van der Waals surface area contributed by atoms with Crippen LogP contribution in [0.5, 0.6) is 0 Å². The van der Waals surface area contributed by atoms with E-state index in [1.165, 1.54) is 0 Å². The van der Waals surface area contributed by atoms with E-state index in [-0.39, 0.29) is 18.2 Å². The maximum absolute atomic E-state index is 13.8. The summed E-state index contributed by atoms with van der Waals surface area (Å²) in [6.07, 6.45) is 2.46. The lowest BCUT2D eigenvalue weighted by Gasteiger charge is -2.22. The van der Waals surface area contributed by atoms with Crippen molar-refractivity contribution in [1.29, 1.82) is 0 Å². The van der Waals surface area contributed by atoms with Gasteiger partial charge in [-0.1, -0.05) is 0 Å². The van der Waals surface area contributed by atoms with Crippen LogP contribution in [0.2, 0.25) is 0 Å². The van der Waals surface area contributed by atoms with Crippen molar-refractivity contribution < 1.29 is 27.4 Å². The minimum atomic E-state index is -4.03. The first-order valence-electron chi connectivity index (χ1n) is 6.54. The number of hydrogen-bond donors (Lipinski definition) is 2. The van der Waals surface area contributed by atoms with E-state index in [0.717, 1.165) is 31.4 Å². The molecule has 0 amide bonds. The zero-order valence-corrected chi connectivity index (χ0v) is 12.0. The van der Waals surface area contributed by atoms with Crippen molar-refractivity contribution in [1.82, 2.24) is 4.72 Å². The first-order chi connectivity index (χ1) is 9.90. The van der Waals surface area contributed by atoms with Gasteiger partial charge in [0.1, 0.15) is 10.7 Å². The molecule has 116 valence electrons. The average Bonchev–Trinajstić information content (AvgIpc) is 2.46. The topological polar surface area (TPSA) is 92.7 Å². The first kappa shape index (κ1) is 15.9. The highest BCUT2D eigenvalue weighted by molar-refractivity contribution is 7.89. The molecule has 8 heteroatoms. The number of carboxylic acids is 1. The standard InChI is InChI=1S/C13H16FNO5S/c14-11-7-9(13(16)17)4-5-12(11)21(18,19)15-8-10-3-1-2-6-20-10/h4-5,7,10,15H,1-3,6,8H2,(H,16,17). The maximum Gasteiger partial charge on any atom is 0.335 e. The first-order valence-corrected chi connectivity index (χ1v) is 8.02. The fourth-order valence-electron chi connectivity index (χ4n) is 2.10. The zero-order valence-electron chi connectivity index (χ0n) is 11.2. The molecule has 1 fully saturated rings. The second-order valence-corrected chi connectivity index (χ2v) is 6.53. The Morgan fingerprint density at radius 2 is 2.19 bits per heavy atom. The van der Waals surface area contributed by atoms with Gasteiger partial charge in [-0.15, -0.1) is 0 Å². The van der Waals surface area contributed by atoms with Gasteiger partial charge in [0.2, 0.25) is 10.0 Å². The van der Waals surface area contributed by atoms with Gasteiger partial charge >= 0.3 is 5.97 Å². The Hall–Kier alpha value is -1.51. The molecule has 1 aliphatic rings. The second kappa shape index (κ2) is 6.50. The van der Waals surface area contributed by atoms with Crippen molar-refractivity contribution in [2.45, 2.75) is 30.3 Å². The van der Waals surface area contributed by atoms with Gasteiger partial charge in [-0.05, 0) is 37.5 Å². The van der Waals surface area contributed by atoms with Gasteiger partial charge < -0.3 is 9.84 Å². The summed E-state index contributed by atoms with van der Waals surface area (Å²) < 4.78 is 45.5. The molecule has 0 saturated carbocycles. The predicted octanol–water partition coefficient (Wildman–Crippen LogP) is 1.37. The number of rotatable bonds is 5. The predicted molar refractivity (Wildman–Crippen MR) is 72.1 cm³/mol. The summed E-state index contributed by atoms with van der Waals surface area (Å²) in [5.41, 5.74) is -0.304. The molecule has 2 rings (SSSR count). The zero-order chi connectivity index (χ0) is 15.5. The molecule has 6 nitrogen and oxygen atoms in total. The van der Waals surface area contributed by atoms with Gasteiger partial charge in [0, 0.05) is 13.2 Å². The van der Waals surface area contributed by atoms with Gasteiger partial charge in [0.05, 0.1) is 11.7 Å². The smallest absolute Gasteiger partial charge is 0.335 e. The van der Waals surface area contributed by atoms with Crippen LogP contribution in [-0.4, -0.2) is 38.7 Å². The van der Waals surface area contributed by atoms with Gasteiger partial charge in [0.25, 0.3) is 0 Å². The lowest BCUT2D eigenvalue weighted by atomic mass is 10.1. The second-order valence-electron chi connectivity index (χ2n) is 4.79. The minimum absolute atomic E-state index is 0.0719. The Bertz CT molecular complexity index is 625. The largest absolute Gasteiger partial charge is 0.478 e. The third-order valence-corrected chi connectivity index (χ3v) is 4.70. The number of ether oxygens (including phenoxy) is 1. The van der Waals surface area contributed by atoms with Crippen LogP contribution in [0, 0.1) is 5.82 Å². The van der Waals surface area contributed by atoms with E-state index in [1.807, 2.05) is 0 Å². The molecule has 0 bridgehead atoms. The van der Waals surface area contributed by atoms with Crippen molar-refractivity contribution in [2.24, 2.45) is 0 Å². The number of carbonyl (C=O) groups is 1. The monoisotopic (exact) mass is 317 g/mol. The number of sulfonamides is 1. The summed E-state index contributed by atoms with van der Waals surface area (Å²) in [6.45, 7) is 0.663. The van der Waals surface area contributed by atoms with Crippen molar-refractivity contribution >= 4 is 16.0 Å². The fraction of sp³-hybridized carbons (Fsp3) is 0.462. The van der Waals surface area contributed by atoms with Crippen LogP contribution in [0.25, 0.3) is 0 Å². The number of carboxylic acid groups (broad SMARTS) is 1. The molecule has 1 atom stereocenters. The van der Waals surface area contributed by atoms with Gasteiger partial charge in [-0.3, -0.25) is 0 Å². The minimum Gasteiger partial charge on any atom is -0.478 e. The van der Waals surface area contributed by atoms with Gasteiger partial charge in [-0.25, -0.2) is 22.3 Å². The van der Waals surface area contributed by atoms with Crippen molar-refractivity contribution in [3.8, 4) is 0 Å². The molecule has 21 heavy (non-hydrogen) atoms. The number of hydrogen-bond acceptors (Lipinski definition) is 4. The molecule has 1 heterocycles. The van der Waals surface area contributed by atoms with Crippen LogP contribution in [0.15, 0.2) is 23.1 Å². The Morgan fingerprint density at radius 1 is 1.43 bits per heavy atom. The lowest BCUT2D eigenvalue weighted by molar-refractivity contribution is 0.0200. The Kier molecular flexibility index (Phi) is 4.92. The molecule has 1 aromatic carbocycles. The van der Waals surface area contributed by atoms with Crippen molar-refractivity contribution in [3.63, 3.8) is 0 Å². The van der Waals surface area contributed by atoms with Crippen LogP contribution in [0.4, 0.5) is 4.39 Å².